The van der Waals surface area contributed by atoms with Crippen molar-refractivity contribution in [2.24, 2.45) is 10.7 Å². The molecule has 9 heteroatoms. The summed E-state index contributed by atoms with van der Waals surface area (Å²) in [5.41, 5.74) is 7.07. The molecule has 0 radical (unpaired) electrons. The van der Waals surface area contributed by atoms with Crippen molar-refractivity contribution in [3.63, 3.8) is 0 Å². The lowest BCUT2D eigenvalue weighted by atomic mass is 10.2. The van der Waals surface area contributed by atoms with Gasteiger partial charge >= 0.3 is 0 Å². The van der Waals surface area contributed by atoms with Gasteiger partial charge in [-0.05, 0) is 24.3 Å². The van der Waals surface area contributed by atoms with Gasteiger partial charge in [-0.15, -0.1) is 5.10 Å². The van der Waals surface area contributed by atoms with Crippen LogP contribution in [0.5, 0.6) is 0 Å². The number of rotatable bonds is 4. The summed E-state index contributed by atoms with van der Waals surface area (Å²) in [7, 11) is 0. The molecule has 0 atom stereocenters. The molecule has 25 heavy (non-hydrogen) atoms. The SMILES string of the molecule is N#Cc1ncn(CCN=C(N)N2CCN(c3ccc(F)cc3)CC2)n1. The van der Waals surface area contributed by atoms with Gasteiger partial charge < -0.3 is 15.5 Å². The highest BCUT2D eigenvalue weighted by atomic mass is 19.1. The average Bonchev–Trinajstić information content (AvgIpc) is 3.10. The second kappa shape index (κ2) is 7.61. The summed E-state index contributed by atoms with van der Waals surface area (Å²) in [6, 6.07) is 8.40. The highest BCUT2D eigenvalue weighted by Crippen LogP contribution is 2.16. The fourth-order valence-corrected chi connectivity index (χ4v) is 2.67. The number of aliphatic imine (C=N–C) groups is 1. The Morgan fingerprint density at radius 2 is 1.96 bits per heavy atom. The number of hydrogen-bond donors (Lipinski definition) is 1. The van der Waals surface area contributed by atoms with E-state index in [0.29, 0.717) is 19.0 Å². The van der Waals surface area contributed by atoms with Gasteiger partial charge in [-0.25, -0.2) is 14.1 Å². The van der Waals surface area contributed by atoms with Gasteiger partial charge in [0.25, 0.3) is 5.82 Å². The summed E-state index contributed by atoms with van der Waals surface area (Å²) in [4.78, 5) is 12.4. The largest absolute Gasteiger partial charge is 0.370 e. The number of halogens is 1. The third kappa shape index (κ3) is 4.23. The zero-order valence-electron chi connectivity index (χ0n) is 13.7. The number of anilines is 1. The van der Waals surface area contributed by atoms with E-state index >= 15 is 0 Å². The summed E-state index contributed by atoms with van der Waals surface area (Å²) in [6.45, 7) is 4.11. The Hall–Kier alpha value is -3.15. The first-order chi connectivity index (χ1) is 12.2. The standard InChI is InChI=1S/C16H19FN8/c17-13-1-3-14(4-2-13)23-7-9-24(10-8-23)16(19)20-5-6-25-12-21-15(11-18)22-25/h1-4,12H,5-10H2,(H2,19,20). The maximum absolute atomic E-state index is 13.0. The summed E-state index contributed by atoms with van der Waals surface area (Å²) in [5.74, 6) is 0.418. The van der Waals surface area contributed by atoms with E-state index in [4.69, 9.17) is 11.0 Å². The average molecular weight is 342 g/mol. The van der Waals surface area contributed by atoms with Gasteiger partial charge in [0, 0.05) is 31.9 Å². The third-order valence-electron chi connectivity index (χ3n) is 4.03. The van der Waals surface area contributed by atoms with E-state index in [1.165, 1.54) is 18.5 Å². The van der Waals surface area contributed by atoms with E-state index in [1.54, 1.807) is 16.8 Å². The molecule has 8 nitrogen and oxygen atoms in total. The quantitative estimate of drug-likeness (QED) is 0.639. The van der Waals surface area contributed by atoms with E-state index in [1.807, 2.05) is 11.0 Å². The van der Waals surface area contributed by atoms with E-state index in [0.717, 1.165) is 31.9 Å². The van der Waals surface area contributed by atoms with Crippen LogP contribution in [0.1, 0.15) is 5.82 Å². The summed E-state index contributed by atoms with van der Waals surface area (Å²) < 4.78 is 14.6. The molecule has 1 fully saturated rings. The van der Waals surface area contributed by atoms with Gasteiger partial charge in [0.05, 0.1) is 13.1 Å². The minimum atomic E-state index is -0.229. The first-order valence-corrected chi connectivity index (χ1v) is 8.00. The summed E-state index contributed by atoms with van der Waals surface area (Å²) in [6.07, 6.45) is 1.51. The van der Waals surface area contributed by atoms with Gasteiger partial charge in [-0.2, -0.15) is 5.26 Å². The number of guanidine groups is 1. The van der Waals surface area contributed by atoms with E-state index in [-0.39, 0.29) is 11.6 Å². The normalized spacial score (nSPS) is 15.3. The van der Waals surface area contributed by atoms with Crippen molar-refractivity contribution in [1.82, 2.24) is 19.7 Å². The Morgan fingerprint density at radius 3 is 2.60 bits per heavy atom. The first kappa shape index (κ1) is 16.7. The van der Waals surface area contributed by atoms with Gasteiger partial charge in [0.2, 0.25) is 0 Å². The molecule has 1 saturated heterocycles. The molecule has 0 saturated carbocycles. The molecule has 1 aliphatic heterocycles. The maximum Gasteiger partial charge on any atom is 0.252 e. The number of nitriles is 1. The van der Waals surface area contributed by atoms with Crippen molar-refractivity contribution < 1.29 is 4.39 Å². The molecular formula is C16H19FN8. The van der Waals surface area contributed by atoms with Crippen LogP contribution >= 0.6 is 0 Å². The fourth-order valence-electron chi connectivity index (χ4n) is 2.67. The minimum Gasteiger partial charge on any atom is -0.370 e. The lowest BCUT2D eigenvalue weighted by Gasteiger charge is -2.36. The molecule has 130 valence electrons. The van der Waals surface area contributed by atoms with Crippen LogP contribution in [0, 0.1) is 17.1 Å². The fraction of sp³-hybridized carbons (Fsp3) is 0.375. The van der Waals surface area contributed by atoms with Crippen LogP contribution < -0.4 is 10.6 Å². The molecule has 0 amide bonds. The van der Waals surface area contributed by atoms with Crippen LogP contribution in [-0.4, -0.2) is 58.3 Å². The van der Waals surface area contributed by atoms with E-state index in [2.05, 4.69) is 20.0 Å². The van der Waals surface area contributed by atoms with Gasteiger partial charge in [0.15, 0.2) is 5.96 Å². The van der Waals surface area contributed by atoms with Gasteiger partial charge in [-0.1, -0.05) is 0 Å². The molecular weight excluding hydrogens is 323 g/mol. The minimum absolute atomic E-state index is 0.147. The summed E-state index contributed by atoms with van der Waals surface area (Å²) >= 11 is 0. The highest BCUT2D eigenvalue weighted by molar-refractivity contribution is 5.78. The maximum atomic E-state index is 13.0. The molecule has 3 rings (SSSR count). The predicted octanol–water partition coefficient (Wildman–Crippen LogP) is 0.426. The van der Waals surface area contributed by atoms with Crippen molar-refractivity contribution in [3.05, 3.63) is 42.2 Å². The second-order valence-corrected chi connectivity index (χ2v) is 5.63. The van der Waals surface area contributed by atoms with Crippen molar-refractivity contribution in [2.45, 2.75) is 6.54 Å². The topological polar surface area (TPSA) is 99.4 Å². The zero-order valence-corrected chi connectivity index (χ0v) is 13.7. The Kier molecular flexibility index (Phi) is 5.09. The highest BCUT2D eigenvalue weighted by Gasteiger charge is 2.18. The Bertz CT molecular complexity index is 768. The number of hydrogen-bond acceptors (Lipinski definition) is 5. The van der Waals surface area contributed by atoms with Crippen molar-refractivity contribution in [3.8, 4) is 6.07 Å². The smallest absolute Gasteiger partial charge is 0.252 e. The Morgan fingerprint density at radius 1 is 1.24 bits per heavy atom. The predicted molar refractivity (Wildman–Crippen MR) is 91.4 cm³/mol. The monoisotopic (exact) mass is 342 g/mol. The van der Waals surface area contributed by atoms with Gasteiger partial charge in [-0.3, -0.25) is 4.99 Å². The second-order valence-electron chi connectivity index (χ2n) is 5.63. The van der Waals surface area contributed by atoms with Crippen LogP contribution in [0.4, 0.5) is 10.1 Å². The summed E-state index contributed by atoms with van der Waals surface area (Å²) in [5, 5.41) is 12.7. The number of aromatic nitrogens is 3. The lowest BCUT2D eigenvalue weighted by molar-refractivity contribution is 0.380. The number of benzene rings is 1. The van der Waals surface area contributed by atoms with Crippen molar-refractivity contribution in [1.29, 1.82) is 5.26 Å². The van der Waals surface area contributed by atoms with Crippen LogP contribution in [0.15, 0.2) is 35.6 Å². The van der Waals surface area contributed by atoms with Crippen molar-refractivity contribution >= 4 is 11.6 Å². The van der Waals surface area contributed by atoms with Crippen LogP contribution in [0.25, 0.3) is 0 Å². The third-order valence-corrected chi connectivity index (χ3v) is 4.03. The first-order valence-electron chi connectivity index (χ1n) is 8.00. The molecule has 2 N–H and O–H groups in total. The van der Waals surface area contributed by atoms with Crippen LogP contribution in [0.2, 0.25) is 0 Å². The van der Waals surface area contributed by atoms with Gasteiger partial charge in [0.1, 0.15) is 18.2 Å². The number of nitrogens with two attached hydrogens (primary N) is 1. The number of piperazine rings is 1. The van der Waals surface area contributed by atoms with Crippen molar-refractivity contribution in [2.75, 3.05) is 37.6 Å². The molecule has 0 unspecified atom stereocenters. The Balaban J connectivity index is 1.48. The molecule has 1 aliphatic rings. The molecule has 0 aliphatic carbocycles. The molecule has 1 aromatic carbocycles. The van der Waals surface area contributed by atoms with Crippen LogP contribution in [-0.2, 0) is 6.54 Å². The van der Waals surface area contributed by atoms with Crippen LogP contribution in [0.3, 0.4) is 0 Å². The zero-order chi connectivity index (χ0) is 17.6. The number of nitrogens with zero attached hydrogens (tertiary/aromatic N) is 7. The molecule has 0 bridgehead atoms. The molecule has 2 aromatic rings. The van der Waals surface area contributed by atoms with E-state index in [9.17, 15) is 4.39 Å². The molecule has 2 heterocycles. The lowest BCUT2D eigenvalue weighted by Crippen LogP contribution is -2.51. The molecule has 0 spiro atoms. The Labute approximate surface area is 145 Å². The molecule has 1 aromatic heterocycles. The van der Waals surface area contributed by atoms with E-state index < -0.39 is 0 Å².